The number of carbonyl (C=O) groups excluding carboxylic acids is 2. The van der Waals surface area contributed by atoms with Gasteiger partial charge in [0.05, 0.1) is 0 Å². The van der Waals surface area contributed by atoms with Crippen LogP contribution in [-0.4, -0.2) is 55.1 Å². The number of nitrogens with zero attached hydrogens (tertiary/aromatic N) is 1. The topological polar surface area (TPSA) is 61.4 Å². The lowest BCUT2D eigenvalue weighted by Gasteiger charge is -2.33. The molecule has 5 nitrogen and oxygen atoms in total. The average molecular weight is 530 g/mol. The Hall–Kier alpha value is -2.87. The molecule has 1 saturated heterocycles. The molecular formula is C30H38F3N3O2. The number of halogens is 3. The van der Waals surface area contributed by atoms with Gasteiger partial charge in [0.2, 0.25) is 11.8 Å². The molecule has 0 bridgehead atoms. The van der Waals surface area contributed by atoms with Gasteiger partial charge in [0.15, 0.2) is 0 Å². The van der Waals surface area contributed by atoms with Gasteiger partial charge in [0.25, 0.3) is 0 Å². The van der Waals surface area contributed by atoms with Crippen molar-refractivity contribution in [3.63, 3.8) is 0 Å². The molecule has 1 aliphatic heterocycles. The summed E-state index contributed by atoms with van der Waals surface area (Å²) in [6.45, 7) is 3.40. The summed E-state index contributed by atoms with van der Waals surface area (Å²) >= 11 is 0. The van der Waals surface area contributed by atoms with E-state index in [1.54, 1.807) is 0 Å². The molecule has 0 spiro atoms. The molecule has 206 valence electrons. The number of carbonyl (C=O) groups is 2. The summed E-state index contributed by atoms with van der Waals surface area (Å²) in [7, 11) is 0. The Balaban J connectivity index is 1.40. The van der Waals surface area contributed by atoms with Crippen LogP contribution in [-0.2, 0) is 15.0 Å². The van der Waals surface area contributed by atoms with Gasteiger partial charge in [-0.3, -0.25) is 9.59 Å². The lowest BCUT2D eigenvalue weighted by molar-refractivity contribution is -0.141. The highest BCUT2D eigenvalue weighted by Gasteiger charge is 2.49. The molecule has 0 atom stereocenters. The first-order chi connectivity index (χ1) is 18.2. The van der Waals surface area contributed by atoms with Crippen molar-refractivity contribution in [2.24, 2.45) is 0 Å². The van der Waals surface area contributed by atoms with Crippen molar-refractivity contribution in [1.82, 2.24) is 15.5 Å². The van der Waals surface area contributed by atoms with E-state index in [4.69, 9.17) is 0 Å². The van der Waals surface area contributed by atoms with Crippen molar-refractivity contribution in [3.05, 3.63) is 59.7 Å². The van der Waals surface area contributed by atoms with Crippen LogP contribution in [0.1, 0.15) is 69.4 Å². The van der Waals surface area contributed by atoms with Crippen LogP contribution in [0.3, 0.4) is 0 Å². The van der Waals surface area contributed by atoms with Crippen molar-refractivity contribution >= 4 is 11.8 Å². The number of amides is 2. The number of rotatable bonds is 11. The Labute approximate surface area is 223 Å². The highest BCUT2D eigenvalue weighted by atomic mass is 19.4. The fraction of sp³-hybridized carbons (Fsp3) is 0.533. The molecule has 0 unspecified atom stereocenters. The number of piperidine rings is 1. The van der Waals surface area contributed by atoms with E-state index in [1.807, 2.05) is 48.5 Å². The Morgan fingerprint density at radius 1 is 0.947 bits per heavy atom. The maximum Gasteiger partial charge on any atom is 0.405 e. The van der Waals surface area contributed by atoms with Crippen LogP contribution in [0, 0.1) is 0 Å². The number of likely N-dealkylation sites (tertiary alicyclic amines) is 1. The lowest BCUT2D eigenvalue weighted by Crippen LogP contribution is -2.47. The Kier molecular flexibility index (Phi) is 9.13. The third-order valence-corrected chi connectivity index (χ3v) is 7.89. The molecule has 0 aromatic heterocycles. The van der Waals surface area contributed by atoms with Crippen molar-refractivity contribution in [1.29, 1.82) is 0 Å². The van der Waals surface area contributed by atoms with Crippen LogP contribution in [0.15, 0.2) is 48.5 Å². The van der Waals surface area contributed by atoms with E-state index < -0.39 is 24.0 Å². The minimum atomic E-state index is -4.48. The minimum absolute atomic E-state index is 0.136. The highest BCUT2D eigenvalue weighted by Crippen LogP contribution is 2.51. The third-order valence-electron chi connectivity index (χ3n) is 7.89. The van der Waals surface area contributed by atoms with Crippen LogP contribution in [0.5, 0.6) is 0 Å². The molecule has 2 amide bonds. The van der Waals surface area contributed by atoms with Gasteiger partial charge in [0, 0.05) is 25.6 Å². The predicted molar refractivity (Wildman–Crippen MR) is 143 cm³/mol. The normalized spacial score (nSPS) is 17.1. The van der Waals surface area contributed by atoms with E-state index in [-0.39, 0.29) is 11.9 Å². The average Bonchev–Trinajstić information content (AvgIpc) is 3.20. The summed E-state index contributed by atoms with van der Waals surface area (Å²) in [6.07, 6.45) is 1.85. The highest BCUT2D eigenvalue weighted by molar-refractivity contribution is 6.00. The second-order valence-electron chi connectivity index (χ2n) is 10.5. The van der Waals surface area contributed by atoms with Crippen LogP contribution < -0.4 is 10.6 Å². The molecule has 2 aromatic carbocycles. The summed E-state index contributed by atoms with van der Waals surface area (Å²) in [5, 5.41) is 5.35. The van der Waals surface area contributed by atoms with Gasteiger partial charge in [-0.25, -0.2) is 0 Å². The molecule has 1 aliphatic carbocycles. The zero-order valence-corrected chi connectivity index (χ0v) is 22.1. The smallest absolute Gasteiger partial charge is 0.353 e. The summed E-state index contributed by atoms with van der Waals surface area (Å²) in [6, 6.07) is 15.4. The summed E-state index contributed by atoms with van der Waals surface area (Å²) in [4.78, 5) is 28.0. The maximum atomic E-state index is 13.6. The fourth-order valence-corrected chi connectivity index (χ4v) is 5.95. The molecule has 38 heavy (non-hydrogen) atoms. The standard InChI is InChI=1S/C30H38F3N3O2/c1-2-3-14-27(37)35-22-15-19-36(20-16-22)18-9-8-17-29(28(38)34-21-30(31,32)33)25-12-6-4-10-23(25)24-11-5-7-13-26(24)29/h4-7,10-13,22H,2-3,8-9,14-21H2,1H3,(H,34,38)(H,35,37). The van der Waals surface area contributed by atoms with Gasteiger partial charge in [-0.05, 0) is 60.9 Å². The fourth-order valence-electron chi connectivity index (χ4n) is 5.95. The van der Waals surface area contributed by atoms with Crippen LogP contribution in [0.4, 0.5) is 13.2 Å². The maximum absolute atomic E-state index is 13.6. The van der Waals surface area contributed by atoms with Crippen molar-refractivity contribution in [2.75, 3.05) is 26.2 Å². The van der Waals surface area contributed by atoms with Crippen LogP contribution in [0.2, 0.25) is 0 Å². The molecule has 8 heteroatoms. The van der Waals surface area contributed by atoms with E-state index in [2.05, 4.69) is 22.5 Å². The second-order valence-corrected chi connectivity index (χ2v) is 10.5. The predicted octanol–water partition coefficient (Wildman–Crippen LogP) is 5.57. The Bertz CT molecular complexity index is 1060. The monoisotopic (exact) mass is 529 g/mol. The third kappa shape index (κ3) is 6.40. The summed E-state index contributed by atoms with van der Waals surface area (Å²) in [5.74, 6) is -0.455. The SMILES string of the molecule is CCCCC(=O)NC1CCN(CCCCC2(C(=O)NCC(F)(F)F)c3ccccc3-c3ccccc32)CC1. The van der Waals surface area contributed by atoms with E-state index in [1.165, 1.54) is 0 Å². The number of unbranched alkanes of at least 4 members (excludes halogenated alkanes) is 2. The first-order valence-corrected chi connectivity index (χ1v) is 13.8. The molecular weight excluding hydrogens is 491 g/mol. The van der Waals surface area contributed by atoms with Crippen LogP contribution >= 0.6 is 0 Å². The number of alkyl halides is 3. The zero-order valence-electron chi connectivity index (χ0n) is 22.1. The Morgan fingerprint density at radius 2 is 1.55 bits per heavy atom. The second kappa shape index (κ2) is 12.3. The van der Waals surface area contributed by atoms with Crippen LogP contribution in [0.25, 0.3) is 11.1 Å². The molecule has 4 rings (SSSR count). The van der Waals surface area contributed by atoms with Gasteiger partial charge < -0.3 is 15.5 Å². The van der Waals surface area contributed by atoms with E-state index >= 15 is 0 Å². The lowest BCUT2D eigenvalue weighted by atomic mass is 9.73. The van der Waals surface area contributed by atoms with Gasteiger partial charge in [0.1, 0.15) is 12.0 Å². The number of benzene rings is 2. The van der Waals surface area contributed by atoms with E-state index in [0.29, 0.717) is 19.3 Å². The largest absolute Gasteiger partial charge is 0.405 e. The van der Waals surface area contributed by atoms with Crippen molar-refractivity contribution in [2.45, 2.75) is 75.9 Å². The zero-order chi connectivity index (χ0) is 27.2. The molecule has 0 radical (unpaired) electrons. The Morgan fingerprint density at radius 3 is 2.13 bits per heavy atom. The first kappa shape index (κ1) is 28.1. The van der Waals surface area contributed by atoms with Crippen molar-refractivity contribution < 1.29 is 22.8 Å². The number of nitrogens with one attached hydrogen (secondary N) is 2. The first-order valence-electron chi connectivity index (χ1n) is 13.8. The molecule has 0 saturated carbocycles. The van der Waals surface area contributed by atoms with Gasteiger partial charge >= 0.3 is 6.18 Å². The van der Waals surface area contributed by atoms with Gasteiger partial charge in [-0.1, -0.05) is 68.3 Å². The molecule has 2 N–H and O–H groups in total. The van der Waals surface area contributed by atoms with Crippen molar-refractivity contribution in [3.8, 4) is 11.1 Å². The molecule has 1 fully saturated rings. The van der Waals surface area contributed by atoms with Gasteiger partial charge in [-0.15, -0.1) is 0 Å². The molecule has 2 aliphatic rings. The van der Waals surface area contributed by atoms with E-state index in [0.717, 1.165) is 74.0 Å². The molecule has 2 aromatic rings. The number of hydrogen-bond donors (Lipinski definition) is 2. The quantitative estimate of drug-likeness (QED) is 0.374. The minimum Gasteiger partial charge on any atom is -0.353 e. The summed E-state index contributed by atoms with van der Waals surface area (Å²) in [5.41, 5.74) is 2.23. The number of hydrogen-bond acceptors (Lipinski definition) is 3. The molecule has 1 heterocycles. The summed E-state index contributed by atoms with van der Waals surface area (Å²) < 4.78 is 39.1. The number of fused-ring (bicyclic) bond motifs is 3. The van der Waals surface area contributed by atoms with Gasteiger partial charge in [-0.2, -0.15) is 13.2 Å². The van der Waals surface area contributed by atoms with E-state index in [9.17, 15) is 22.8 Å².